The Labute approximate surface area is 195 Å². The summed E-state index contributed by atoms with van der Waals surface area (Å²) >= 11 is 6.20. The Bertz CT molecular complexity index is 1070. The number of carbonyl (C=O) groups excluding carboxylic acids is 1. The minimum Gasteiger partial charge on any atom is -0.444 e. The van der Waals surface area contributed by atoms with Crippen LogP contribution in [0.15, 0.2) is 23.0 Å². The second kappa shape index (κ2) is 8.46. The summed E-state index contributed by atoms with van der Waals surface area (Å²) in [5.41, 5.74) is -0.472. The molecule has 2 heterocycles. The molecule has 9 heteroatoms. The highest BCUT2D eigenvalue weighted by molar-refractivity contribution is 6.74. The summed E-state index contributed by atoms with van der Waals surface area (Å²) in [4.78, 5) is 35.0. The van der Waals surface area contributed by atoms with E-state index in [0.29, 0.717) is 34.7 Å². The molecule has 1 N–H and O–H groups in total. The maximum absolute atomic E-state index is 13.1. The Kier molecular flexibility index (Phi) is 6.54. The van der Waals surface area contributed by atoms with E-state index in [2.05, 4.69) is 43.8 Å². The lowest BCUT2D eigenvalue weighted by atomic mass is 10.1. The van der Waals surface area contributed by atoms with E-state index < -0.39 is 26.1 Å². The van der Waals surface area contributed by atoms with Crippen LogP contribution in [-0.4, -0.2) is 47.5 Å². The maximum atomic E-state index is 13.1. The standard InChI is InChI=1S/C23H34ClN3O4Si/c1-22(2,3)30-21(29)27-13-14(31-32(7,8)23(4,5)6)12-17(27)19-25-16-11-9-10-15(24)18(16)20(28)26-19/h9-11,14,17H,12-13H2,1-8H3,(H,25,26,28)/t14-,17+/m1/s1. The van der Waals surface area contributed by atoms with Crippen molar-refractivity contribution in [1.82, 2.24) is 14.9 Å². The topological polar surface area (TPSA) is 84.5 Å². The minimum atomic E-state index is -2.06. The van der Waals surface area contributed by atoms with Crippen LogP contribution < -0.4 is 5.56 Å². The molecular weight excluding hydrogens is 446 g/mol. The zero-order valence-corrected chi connectivity index (χ0v) is 22.0. The summed E-state index contributed by atoms with van der Waals surface area (Å²) in [5.74, 6) is 0.414. The normalized spacial score (nSPS) is 20.1. The van der Waals surface area contributed by atoms with Crippen LogP contribution >= 0.6 is 11.6 Å². The highest BCUT2D eigenvalue weighted by Crippen LogP contribution is 2.41. The van der Waals surface area contributed by atoms with Gasteiger partial charge in [0.25, 0.3) is 5.56 Å². The highest BCUT2D eigenvalue weighted by Gasteiger charge is 2.45. The van der Waals surface area contributed by atoms with Gasteiger partial charge in [0.15, 0.2) is 8.32 Å². The summed E-state index contributed by atoms with van der Waals surface area (Å²) in [6.45, 7) is 16.8. The molecule has 176 valence electrons. The van der Waals surface area contributed by atoms with Gasteiger partial charge in [-0.15, -0.1) is 0 Å². The average molecular weight is 480 g/mol. The zero-order valence-electron chi connectivity index (χ0n) is 20.2. The molecule has 1 aromatic carbocycles. The first kappa shape index (κ1) is 24.7. The lowest BCUT2D eigenvalue weighted by Gasteiger charge is -2.38. The number of halogens is 1. The number of carbonyl (C=O) groups is 1. The molecule has 1 aliphatic heterocycles. The molecule has 2 aromatic rings. The number of nitrogens with zero attached hydrogens (tertiary/aromatic N) is 2. The van der Waals surface area contributed by atoms with Crippen molar-refractivity contribution in [2.75, 3.05) is 6.54 Å². The van der Waals surface area contributed by atoms with Crippen LogP contribution in [0, 0.1) is 0 Å². The third-order valence-corrected chi connectivity index (χ3v) is 11.0. The monoisotopic (exact) mass is 479 g/mol. The number of aromatic nitrogens is 2. The van der Waals surface area contributed by atoms with Gasteiger partial charge in [0, 0.05) is 13.0 Å². The number of hydrogen-bond donors (Lipinski definition) is 1. The summed E-state index contributed by atoms with van der Waals surface area (Å²) in [6, 6.07) is 4.70. The Balaban J connectivity index is 2.00. The largest absolute Gasteiger partial charge is 0.444 e. The van der Waals surface area contributed by atoms with Crippen LogP contribution in [0.5, 0.6) is 0 Å². The van der Waals surface area contributed by atoms with Gasteiger partial charge in [0.05, 0.1) is 28.1 Å². The van der Waals surface area contributed by atoms with Crippen molar-refractivity contribution >= 4 is 36.9 Å². The van der Waals surface area contributed by atoms with Crippen LogP contribution in [-0.2, 0) is 9.16 Å². The molecule has 0 aliphatic carbocycles. The zero-order chi connectivity index (χ0) is 24.1. The molecule has 3 rings (SSSR count). The molecule has 0 radical (unpaired) electrons. The molecule has 32 heavy (non-hydrogen) atoms. The predicted octanol–water partition coefficient (Wildman–Crippen LogP) is 5.65. The Hall–Kier alpha value is -1.90. The van der Waals surface area contributed by atoms with E-state index in [1.807, 2.05) is 20.8 Å². The van der Waals surface area contributed by atoms with Gasteiger partial charge in [0.2, 0.25) is 0 Å². The van der Waals surface area contributed by atoms with E-state index >= 15 is 0 Å². The number of aromatic amines is 1. The number of amides is 1. The molecule has 0 unspecified atom stereocenters. The molecule has 2 atom stereocenters. The van der Waals surface area contributed by atoms with E-state index in [1.165, 1.54) is 0 Å². The van der Waals surface area contributed by atoms with Crippen molar-refractivity contribution in [3.63, 3.8) is 0 Å². The average Bonchev–Trinajstić information content (AvgIpc) is 3.02. The van der Waals surface area contributed by atoms with Gasteiger partial charge in [-0.2, -0.15) is 0 Å². The lowest BCUT2D eigenvalue weighted by molar-refractivity contribution is 0.0203. The first-order chi connectivity index (χ1) is 14.6. The minimum absolute atomic E-state index is 0.0358. The number of benzene rings is 1. The van der Waals surface area contributed by atoms with Crippen molar-refractivity contribution < 1.29 is 14.0 Å². The number of rotatable bonds is 3. The summed E-state index contributed by atoms with van der Waals surface area (Å²) in [6.07, 6.45) is -0.0905. The van der Waals surface area contributed by atoms with Crippen LogP contribution in [0.1, 0.15) is 59.8 Å². The number of ether oxygens (including phenoxy) is 1. The molecular formula is C23H34ClN3O4Si. The Morgan fingerprint density at radius 3 is 2.47 bits per heavy atom. The first-order valence-electron chi connectivity index (χ1n) is 10.9. The van der Waals surface area contributed by atoms with Crippen LogP contribution in [0.3, 0.4) is 0 Å². The van der Waals surface area contributed by atoms with Crippen molar-refractivity contribution in [3.05, 3.63) is 39.4 Å². The van der Waals surface area contributed by atoms with Crippen LogP contribution in [0.4, 0.5) is 4.79 Å². The fourth-order valence-corrected chi connectivity index (χ4v) is 5.20. The maximum Gasteiger partial charge on any atom is 0.411 e. The second-order valence-corrected chi connectivity index (χ2v) is 16.1. The van der Waals surface area contributed by atoms with Crippen molar-refractivity contribution in [3.8, 4) is 0 Å². The third kappa shape index (κ3) is 5.18. The number of hydrogen-bond acceptors (Lipinski definition) is 5. The number of nitrogens with one attached hydrogen (secondary N) is 1. The van der Waals surface area contributed by atoms with Gasteiger partial charge in [-0.3, -0.25) is 9.69 Å². The van der Waals surface area contributed by atoms with Gasteiger partial charge in [-0.05, 0) is 51.0 Å². The Morgan fingerprint density at radius 1 is 1.22 bits per heavy atom. The third-order valence-electron chi connectivity index (χ3n) is 6.18. The Morgan fingerprint density at radius 2 is 1.88 bits per heavy atom. The van der Waals surface area contributed by atoms with E-state index in [4.69, 9.17) is 20.8 Å². The molecule has 0 spiro atoms. The highest BCUT2D eigenvalue weighted by atomic mass is 35.5. The van der Waals surface area contributed by atoms with Crippen LogP contribution in [0.2, 0.25) is 23.2 Å². The first-order valence-corrected chi connectivity index (χ1v) is 14.2. The van der Waals surface area contributed by atoms with E-state index in [1.54, 1.807) is 23.1 Å². The van der Waals surface area contributed by atoms with Gasteiger partial charge < -0.3 is 14.1 Å². The molecule has 1 fully saturated rings. The molecule has 0 saturated carbocycles. The fourth-order valence-electron chi connectivity index (χ4n) is 3.58. The molecule has 1 saturated heterocycles. The molecule has 1 amide bonds. The molecule has 1 aliphatic rings. The molecule has 7 nitrogen and oxygen atoms in total. The van der Waals surface area contributed by atoms with Gasteiger partial charge in [0.1, 0.15) is 11.4 Å². The van der Waals surface area contributed by atoms with E-state index in [0.717, 1.165) is 0 Å². The fraction of sp³-hybridized carbons (Fsp3) is 0.609. The second-order valence-electron chi connectivity index (χ2n) is 11.0. The van der Waals surface area contributed by atoms with Gasteiger partial charge in [-0.25, -0.2) is 9.78 Å². The number of H-pyrrole nitrogens is 1. The van der Waals surface area contributed by atoms with Crippen molar-refractivity contribution in [2.24, 2.45) is 0 Å². The van der Waals surface area contributed by atoms with Crippen LogP contribution in [0.25, 0.3) is 10.9 Å². The molecule has 0 bridgehead atoms. The summed E-state index contributed by atoms with van der Waals surface area (Å²) < 4.78 is 12.3. The summed E-state index contributed by atoms with van der Waals surface area (Å²) in [5, 5.41) is 0.722. The SMILES string of the molecule is CC(C)(C)OC(=O)N1C[C@H](O[Si](C)(C)C(C)(C)C)C[C@H]1c1nc2cccc(Cl)c2c(=O)[nH]1. The van der Waals surface area contributed by atoms with Gasteiger partial charge in [-0.1, -0.05) is 38.4 Å². The van der Waals surface area contributed by atoms with Crippen molar-refractivity contribution in [1.29, 1.82) is 0 Å². The number of likely N-dealkylation sites (tertiary alicyclic amines) is 1. The smallest absolute Gasteiger partial charge is 0.411 e. The van der Waals surface area contributed by atoms with Crippen molar-refractivity contribution in [2.45, 2.75) is 83.8 Å². The predicted molar refractivity (Wildman–Crippen MR) is 130 cm³/mol. The van der Waals surface area contributed by atoms with E-state index in [-0.39, 0.29) is 16.7 Å². The summed E-state index contributed by atoms with van der Waals surface area (Å²) in [7, 11) is -2.06. The lowest BCUT2D eigenvalue weighted by Crippen LogP contribution is -2.45. The number of fused-ring (bicyclic) bond motifs is 1. The molecule has 1 aromatic heterocycles. The quantitative estimate of drug-likeness (QED) is 0.575. The van der Waals surface area contributed by atoms with E-state index in [9.17, 15) is 9.59 Å². The van der Waals surface area contributed by atoms with Gasteiger partial charge >= 0.3 is 6.09 Å².